The van der Waals surface area contributed by atoms with Crippen LogP contribution in [0.2, 0.25) is 0 Å². The molecule has 0 unspecified atom stereocenters. The monoisotopic (exact) mass is 194 g/mol. The molecule has 0 aromatic heterocycles. The highest BCUT2D eigenvalue weighted by atomic mass is 19.1. The van der Waals surface area contributed by atoms with Crippen LogP contribution in [0.15, 0.2) is 24.3 Å². The van der Waals surface area contributed by atoms with E-state index in [9.17, 15) is 9.18 Å². The van der Waals surface area contributed by atoms with Gasteiger partial charge in [0.15, 0.2) is 0 Å². The van der Waals surface area contributed by atoms with Crippen molar-refractivity contribution in [2.45, 2.75) is 18.5 Å². The Morgan fingerprint density at radius 1 is 1.36 bits per heavy atom. The maximum Gasteiger partial charge on any atom is 0.222 e. The first-order valence-electron chi connectivity index (χ1n) is 4.47. The number of carbonyl (C=O) groups is 1. The van der Waals surface area contributed by atoms with Gasteiger partial charge in [0, 0.05) is 12.5 Å². The molecule has 1 amide bonds. The van der Waals surface area contributed by atoms with Gasteiger partial charge in [-0.05, 0) is 17.7 Å². The average Bonchev–Trinajstić information content (AvgIpc) is 2.47. The van der Waals surface area contributed by atoms with Gasteiger partial charge in [0.2, 0.25) is 5.91 Å². The van der Waals surface area contributed by atoms with Crippen LogP contribution in [0.25, 0.3) is 0 Å². The number of amides is 1. The summed E-state index contributed by atoms with van der Waals surface area (Å²) < 4.78 is 12.6. The van der Waals surface area contributed by atoms with E-state index in [-0.39, 0.29) is 23.8 Å². The lowest BCUT2D eigenvalue weighted by atomic mass is 10.0. The normalized spacial score (nSPS) is 26.3. The van der Waals surface area contributed by atoms with Gasteiger partial charge < -0.3 is 11.1 Å². The van der Waals surface area contributed by atoms with Gasteiger partial charge >= 0.3 is 0 Å². The fourth-order valence-corrected chi connectivity index (χ4v) is 1.67. The lowest BCUT2D eigenvalue weighted by Gasteiger charge is -2.14. The molecular weight excluding hydrogens is 183 g/mol. The van der Waals surface area contributed by atoms with Crippen LogP contribution in [0.1, 0.15) is 18.0 Å². The second-order valence-electron chi connectivity index (χ2n) is 3.46. The number of nitrogens with two attached hydrogens (primary N) is 1. The number of halogens is 1. The molecule has 1 fully saturated rings. The molecule has 0 radical (unpaired) electrons. The smallest absolute Gasteiger partial charge is 0.222 e. The van der Waals surface area contributed by atoms with E-state index in [2.05, 4.69) is 5.32 Å². The molecule has 2 rings (SSSR count). The number of hydrogen-bond donors (Lipinski definition) is 2. The zero-order valence-corrected chi connectivity index (χ0v) is 7.53. The van der Waals surface area contributed by atoms with Crippen LogP contribution in [0.4, 0.5) is 4.39 Å². The van der Waals surface area contributed by atoms with Crippen molar-refractivity contribution in [1.29, 1.82) is 0 Å². The highest BCUT2D eigenvalue weighted by Gasteiger charge is 2.30. The molecule has 1 aliphatic heterocycles. The summed E-state index contributed by atoms with van der Waals surface area (Å²) in [6.45, 7) is 0. The second-order valence-corrected chi connectivity index (χ2v) is 3.46. The van der Waals surface area contributed by atoms with Crippen molar-refractivity contribution in [3.05, 3.63) is 35.6 Å². The third-order valence-corrected chi connectivity index (χ3v) is 2.39. The molecule has 2 atom stereocenters. The average molecular weight is 194 g/mol. The van der Waals surface area contributed by atoms with Crippen molar-refractivity contribution >= 4 is 5.91 Å². The van der Waals surface area contributed by atoms with Crippen LogP contribution in [0.3, 0.4) is 0 Å². The third kappa shape index (κ3) is 1.61. The van der Waals surface area contributed by atoms with E-state index in [1.807, 2.05) is 0 Å². The summed E-state index contributed by atoms with van der Waals surface area (Å²) in [5.41, 5.74) is 6.61. The Labute approximate surface area is 81.1 Å². The summed E-state index contributed by atoms with van der Waals surface area (Å²) in [7, 11) is 0. The molecule has 74 valence electrons. The topological polar surface area (TPSA) is 55.1 Å². The minimum Gasteiger partial charge on any atom is -0.348 e. The van der Waals surface area contributed by atoms with E-state index in [0.717, 1.165) is 5.56 Å². The van der Waals surface area contributed by atoms with E-state index in [0.29, 0.717) is 6.42 Å². The van der Waals surface area contributed by atoms with Crippen molar-refractivity contribution < 1.29 is 9.18 Å². The van der Waals surface area contributed by atoms with Crippen LogP contribution in [0, 0.1) is 5.82 Å². The van der Waals surface area contributed by atoms with Crippen LogP contribution >= 0.6 is 0 Å². The molecule has 0 spiro atoms. The Morgan fingerprint density at radius 2 is 2.00 bits per heavy atom. The maximum absolute atomic E-state index is 12.6. The van der Waals surface area contributed by atoms with Gasteiger partial charge in [0.05, 0.1) is 6.04 Å². The molecule has 1 saturated heterocycles. The summed E-state index contributed by atoms with van der Waals surface area (Å²) in [6.07, 6.45) is 0.335. The molecule has 3 nitrogen and oxygen atoms in total. The van der Waals surface area contributed by atoms with Gasteiger partial charge in [-0.15, -0.1) is 0 Å². The summed E-state index contributed by atoms with van der Waals surface area (Å²) in [5.74, 6) is -0.335. The molecule has 14 heavy (non-hydrogen) atoms. The fraction of sp³-hybridized carbons (Fsp3) is 0.300. The minimum atomic E-state index is -0.286. The van der Waals surface area contributed by atoms with E-state index in [1.165, 1.54) is 12.1 Å². The number of hydrogen-bond acceptors (Lipinski definition) is 2. The molecule has 4 heteroatoms. The van der Waals surface area contributed by atoms with Gasteiger partial charge in [-0.1, -0.05) is 12.1 Å². The quantitative estimate of drug-likeness (QED) is 0.692. The molecule has 1 aromatic carbocycles. The SMILES string of the molecule is N[C@H]1CC(=O)N[C@@H]1c1ccc(F)cc1. The Morgan fingerprint density at radius 3 is 2.50 bits per heavy atom. The van der Waals surface area contributed by atoms with Crippen LogP contribution in [0.5, 0.6) is 0 Å². The van der Waals surface area contributed by atoms with E-state index >= 15 is 0 Å². The van der Waals surface area contributed by atoms with Gasteiger partial charge in [0.1, 0.15) is 5.82 Å². The number of rotatable bonds is 1. The molecule has 0 aliphatic carbocycles. The predicted octanol–water partition coefficient (Wildman–Crippen LogP) is 0.714. The lowest BCUT2D eigenvalue weighted by Crippen LogP contribution is -2.28. The highest BCUT2D eigenvalue weighted by molar-refractivity contribution is 5.80. The van der Waals surface area contributed by atoms with Gasteiger partial charge in [-0.25, -0.2) is 4.39 Å². The van der Waals surface area contributed by atoms with Crippen molar-refractivity contribution in [2.24, 2.45) is 5.73 Å². The minimum absolute atomic E-state index is 0.0492. The van der Waals surface area contributed by atoms with Crippen molar-refractivity contribution in [3.63, 3.8) is 0 Å². The van der Waals surface area contributed by atoms with Gasteiger partial charge in [0.25, 0.3) is 0 Å². The molecule has 0 saturated carbocycles. The second kappa shape index (κ2) is 3.38. The van der Waals surface area contributed by atoms with Crippen molar-refractivity contribution in [2.75, 3.05) is 0 Å². The summed E-state index contributed by atoms with van der Waals surface area (Å²) >= 11 is 0. The number of carbonyl (C=O) groups excluding carboxylic acids is 1. The van der Waals surface area contributed by atoms with E-state index in [1.54, 1.807) is 12.1 Å². The van der Waals surface area contributed by atoms with Gasteiger partial charge in [-0.2, -0.15) is 0 Å². The zero-order chi connectivity index (χ0) is 10.1. The summed E-state index contributed by atoms with van der Waals surface area (Å²) in [4.78, 5) is 11.0. The summed E-state index contributed by atoms with van der Waals surface area (Å²) in [5, 5.41) is 2.75. The maximum atomic E-state index is 12.6. The highest BCUT2D eigenvalue weighted by Crippen LogP contribution is 2.22. The van der Waals surface area contributed by atoms with Gasteiger partial charge in [-0.3, -0.25) is 4.79 Å². The zero-order valence-electron chi connectivity index (χ0n) is 7.53. The first-order valence-corrected chi connectivity index (χ1v) is 4.47. The van der Waals surface area contributed by atoms with Crippen molar-refractivity contribution in [1.82, 2.24) is 5.32 Å². The van der Waals surface area contributed by atoms with Crippen LogP contribution in [-0.2, 0) is 4.79 Å². The number of benzene rings is 1. The van der Waals surface area contributed by atoms with E-state index in [4.69, 9.17) is 5.73 Å². The Bertz CT molecular complexity index is 350. The molecule has 1 heterocycles. The molecule has 0 bridgehead atoms. The van der Waals surface area contributed by atoms with Crippen LogP contribution in [-0.4, -0.2) is 11.9 Å². The predicted molar refractivity (Wildman–Crippen MR) is 49.9 cm³/mol. The molecule has 3 N–H and O–H groups in total. The first-order chi connectivity index (χ1) is 6.66. The largest absolute Gasteiger partial charge is 0.348 e. The molecule has 1 aromatic rings. The lowest BCUT2D eigenvalue weighted by molar-refractivity contribution is -0.119. The van der Waals surface area contributed by atoms with Crippen molar-refractivity contribution in [3.8, 4) is 0 Å². The Balaban J connectivity index is 2.23. The molecule has 1 aliphatic rings. The Kier molecular flexibility index (Phi) is 2.21. The number of nitrogens with one attached hydrogen (secondary N) is 1. The van der Waals surface area contributed by atoms with E-state index < -0.39 is 0 Å². The third-order valence-electron chi connectivity index (χ3n) is 2.39. The standard InChI is InChI=1S/C10H11FN2O/c11-7-3-1-6(2-4-7)10-8(12)5-9(14)13-10/h1-4,8,10H,5,12H2,(H,13,14)/t8-,10+/m0/s1. The summed E-state index contributed by atoms with van der Waals surface area (Å²) in [6, 6.07) is 5.63. The fourth-order valence-electron chi connectivity index (χ4n) is 1.67. The van der Waals surface area contributed by atoms with Crippen LogP contribution < -0.4 is 11.1 Å². The molecular formula is C10H11FN2O. The first kappa shape index (κ1) is 9.15. The Hall–Kier alpha value is -1.42.